The molecule has 1 unspecified atom stereocenters. The molecule has 2 heterocycles. The quantitative estimate of drug-likeness (QED) is 0.240. The molecule has 4 nitrogen and oxygen atoms in total. The first kappa shape index (κ1) is 27.8. The Kier molecular flexibility index (Phi) is 8.22. The zero-order chi connectivity index (χ0) is 27.4. The number of piperidine rings is 1. The van der Waals surface area contributed by atoms with Gasteiger partial charge >= 0.3 is 12.4 Å². The maximum atomic E-state index is 13.2. The van der Waals surface area contributed by atoms with Gasteiger partial charge in [-0.2, -0.15) is 26.3 Å². The minimum atomic E-state index is -4.92. The predicted octanol–water partition coefficient (Wildman–Crippen LogP) is 6.61. The average Bonchev–Trinajstić information content (AvgIpc) is 2.90. The van der Waals surface area contributed by atoms with Gasteiger partial charge in [0, 0.05) is 30.9 Å². The molecule has 1 aromatic heterocycles. The first-order valence-electron chi connectivity index (χ1n) is 12.0. The van der Waals surface area contributed by atoms with E-state index in [0.717, 1.165) is 17.4 Å². The third-order valence-corrected chi connectivity index (χ3v) is 6.98. The van der Waals surface area contributed by atoms with E-state index in [1.54, 1.807) is 18.5 Å². The van der Waals surface area contributed by atoms with Crippen molar-refractivity contribution in [3.05, 3.63) is 101 Å². The number of alkyl halides is 6. The van der Waals surface area contributed by atoms with Gasteiger partial charge in [0.05, 0.1) is 30.4 Å². The molecular weight excluding hydrogens is 510 g/mol. The number of rotatable bonds is 8. The van der Waals surface area contributed by atoms with Crippen molar-refractivity contribution >= 4 is 6.29 Å². The first-order valence-corrected chi connectivity index (χ1v) is 12.0. The maximum Gasteiger partial charge on any atom is 0.416 e. The molecule has 2 aromatic carbocycles. The van der Waals surface area contributed by atoms with Gasteiger partial charge in [-0.05, 0) is 53.8 Å². The minimum absolute atomic E-state index is 0.0983. The summed E-state index contributed by atoms with van der Waals surface area (Å²) in [7, 11) is 0. The van der Waals surface area contributed by atoms with Crippen molar-refractivity contribution in [2.45, 2.75) is 43.3 Å². The van der Waals surface area contributed by atoms with Gasteiger partial charge in [0.2, 0.25) is 0 Å². The van der Waals surface area contributed by atoms with Crippen molar-refractivity contribution in [3.63, 3.8) is 0 Å². The number of carbonyl (C=O) groups is 1. The summed E-state index contributed by atoms with van der Waals surface area (Å²) in [5.41, 5.74) is -1.72. The van der Waals surface area contributed by atoms with Crippen LogP contribution in [0.3, 0.4) is 0 Å². The number of halogens is 6. The van der Waals surface area contributed by atoms with E-state index in [9.17, 15) is 31.1 Å². The summed E-state index contributed by atoms with van der Waals surface area (Å²) in [4.78, 5) is 18.0. The number of pyridine rings is 1. The fourth-order valence-corrected chi connectivity index (χ4v) is 4.93. The normalized spacial score (nSPS) is 17.2. The Bertz CT molecular complexity index is 1180. The lowest BCUT2D eigenvalue weighted by Crippen LogP contribution is -2.46. The third kappa shape index (κ3) is 6.42. The number of aldehydes is 1. The molecule has 1 saturated heterocycles. The molecule has 1 atom stereocenters. The maximum absolute atomic E-state index is 13.2. The monoisotopic (exact) mass is 536 g/mol. The number of nitrogens with zero attached hydrogens (tertiary/aromatic N) is 2. The molecule has 0 saturated carbocycles. The van der Waals surface area contributed by atoms with Crippen LogP contribution in [-0.4, -0.2) is 35.9 Å². The molecule has 0 radical (unpaired) electrons. The number of carbonyl (C=O) groups excluding carboxylic acids is 1. The van der Waals surface area contributed by atoms with Gasteiger partial charge in [-0.15, -0.1) is 0 Å². The molecular formula is C28H26F6N2O2. The van der Waals surface area contributed by atoms with E-state index in [0.29, 0.717) is 38.1 Å². The number of hydrogen-bond donors (Lipinski definition) is 0. The Labute approximate surface area is 216 Å². The highest BCUT2D eigenvalue weighted by atomic mass is 19.4. The number of ether oxygens (including phenoxy) is 1. The van der Waals surface area contributed by atoms with Crippen LogP contribution in [0.25, 0.3) is 0 Å². The number of benzene rings is 2. The van der Waals surface area contributed by atoms with Gasteiger partial charge in [-0.1, -0.05) is 36.4 Å². The largest absolute Gasteiger partial charge is 0.416 e. The van der Waals surface area contributed by atoms with Gasteiger partial charge in [-0.25, -0.2) is 0 Å². The Morgan fingerprint density at radius 3 is 2.08 bits per heavy atom. The molecule has 0 bridgehead atoms. The summed E-state index contributed by atoms with van der Waals surface area (Å²) in [6.07, 6.45) is -4.53. The van der Waals surface area contributed by atoms with Gasteiger partial charge in [0.15, 0.2) is 0 Å². The Balaban J connectivity index is 1.52. The summed E-state index contributed by atoms with van der Waals surface area (Å²) in [6, 6.07) is 14.1. The first-order chi connectivity index (χ1) is 18.0. The van der Waals surface area contributed by atoms with Crippen LogP contribution in [0.4, 0.5) is 26.3 Å². The van der Waals surface area contributed by atoms with E-state index >= 15 is 0 Å². The minimum Gasteiger partial charge on any atom is -0.376 e. The third-order valence-electron chi connectivity index (χ3n) is 6.98. The Hall–Kier alpha value is -3.24. The van der Waals surface area contributed by atoms with Crippen LogP contribution in [0.1, 0.15) is 46.7 Å². The molecule has 38 heavy (non-hydrogen) atoms. The van der Waals surface area contributed by atoms with Crippen LogP contribution in [0.15, 0.2) is 73.1 Å². The standard InChI is InChI=1S/C28H26F6N2O2/c29-27(30,31)23-13-20(14-24(15-23)28(32,33)34)18-38-19-26(22-6-2-1-3-7-22)8-11-36(12-9-26)25(17-37)21-5-4-10-35-16-21/h1-7,10,13-17,25H,8-9,11-12,18-19H2. The van der Waals surface area contributed by atoms with Crippen LogP contribution in [-0.2, 0) is 33.9 Å². The van der Waals surface area contributed by atoms with E-state index in [1.807, 2.05) is 41.3 Å². The fraction of sp³-hybridized carbons (Fsp3) is 0.357. The van der Waals surface area contributed by atoms with Crippen LogP contribution in [0.5, 0.6) is 0 Å². The smallest absolute Gasteiger partial charge is 0.376 e. The summed E-state index contributed by atoms with van der Waals surface area (Å²) >= 11 is 0. The molecule has 1 aliphatic heterocycles. The van der Waals surface area contributed by atoms with Gasteiger partial charge in [0.1, 0.15) is 6.29 Å². The molecule has 0 spiro atoms. The second-order valence-corrected chi connectivity index (χ2v) is 9.46. The summed E-state index contributed by atoms with van der Waals surface area (Å²) < 4.78 is 85.3. The summed E-state index contributed by atoms with van der Waals surface area (Å²) in [5, 5.41) is 0. The Morgan fingerprint density at radius 1 is 0.921 bits per heavy atom. The lowest BCUT2D eigenvalue weighted by molar-refractivity contribution is -0.143. The van der Waals surface area contributed by atoms with Crippen molar-refractivity contribution in [1.82, 2.24) is 9.88 Å². The van der Waals surface area contributed by atoms with Crippen LogP contribution in [0.2, 0.25) is 0 Å². The zero-order valence-electron chi connectivity index (χ0n) is 20.3. The number of hydrogen-bond acceptors (Lipinski definition) is 4. The highest BCUT2D eigenvalue weighted by Crippen LogP contribution is 2.39. The van der Waals surface area contributed by atoms with Crippen molar-refractivity contribution in [3.8, 4) is 0 Å². The molecule has 1 fully saturated rings. The number of likely N-dealkylation sites (tertiary alicyclic amines) is 1. The SMILES string of the molecule is O=CC(c1cccnc1)N1CCC(COCc2cc(C(F)(F)F)cc(C(F)(F)F)c2)(c2ccccc2)CC1. The van der Waals surface area contributed by atoms with E-state index in [1.165, 1.54) is 0 Å². The predicted molar refractivity (Wildman–Crippen MR) is 128 cm³/mol. The molecule has 0 N–H and O–H groups in total. The molecule has 3 aromatic rings. The number of aromatic nitrogens is 1. The molecule has 0 amide bonds. The van der Waals surface area contributed by atoms with Gasteiger partial charge in [-0.3, -0.25) is 9.88 Å². The van der Waals surface area contributed by atoms with E-state index < -0.39 is 41.5 Å². The van der Waals surface area contributed by atoms with Crippen molar-refractivity contribution < 1.29 is 35.9 Å². The second kappa shape index (κ2) is 11.2. The fourth-order valence-electron chi connectivity index (χ4n) is 4.93. The van der Waals surface area contributed by atoms with E-state index in [4.69, 9.17) is 4.74 Å². The highest BCUT2D eigenvalue weighted by Gasteiger charge is 2.39. The molecule has 0 aliphatic carbocycles. The van der Waals surface area contributed by atoms with Crippen molar-refractivity contribution in [1.29, 1.82) is 0 Å². The van der Waals surface area contributed by atoms with Gasteiger partial charge in [0.25, 0.3) is 0 Å². The van der Waals surface area contributed by atoms with Crippen molar-refractivity contribution in [2.24, 2.45) is 0 Å². The molecule has 1 aliphatic rings. The van der Waals surface area contributed by atoms with Crippen LogP contribution >= 0.6 is 0 Å². The summed E-state index contributed by atoms with van der Waals surface area (Å²) in [6.45, 7) is 0.774. The van der Waals surface area contributed by atoms with E-state index in [2.05, 4.69) is 4.98 Å². The van der Waals surface area contributed by atoms with Gasteiger partial charge < -0.3 is 9.53 Å². The van der Waals surface area contributed by atoms with E-state index in [-0.39, 0.29) is 18.2 Å². The van der Waals surface area contributed by atoms with Crippen LogP contribution in [0, 0.1) is 0 Å². The lowest BCUT2D eigenvalue weighted by atomic mass is 9.73. The topological polar surface area (TPSA) is 42.4 Å². The van der Waals surface area contributed by atoms with Crippen molar-refractivity contribution in [2.75, 3.05) is 19.7 Å². The molecule has 202 valence electrons. The van der Waals surface area contributed by atoms with Crippen LogP contribution < -0.4 is 0 Å². The highest BCUT2D eigenvalue weighted by molar-refractivity contribution is 5.61. The Morgan fingerprint density at radius 2 is 1.55 bits per heavy atom. The molecule has 10 heteroatoms. The lowest BCUT2D eigenvalue weighted by Gasteiger charge is -2.43. The summed E-state index contributed by atoms with van der Waals surface area (Å²) in [5.74, 6) is 0. The zero-order valence-corrected chi connectivity index (χ0v) is 20.3. The average molecular weight is 537 g/mol. The second-order valence-electron chi connectivity index (χ2n) is 9.46. The molecule has 4 rings (SSSR count).